The first-order valence-corrected chi connectivity index (χ1v) is 14.3. The van der Waals surface area contributed by atoms with Crippen LogP contribution in [0.2, 0.25) is 0 Å². The van der Waals surface area contributed by atoms with Crippen molar-refractivity contribution in [2.24, 2.45) is 0 Å². The van der Waals surface area contributed by atoms with Gasteiger partial charge in [0.1, 0.15) is 17.2 Å². The summed E-state index contributed by atoms with van der Waals surface area (Å²) < 4.78 is 17.4. The van der Waals surface area contributed by atoms with Gasteiger partial charge in [0, 0.05) is 16.2 Å². The van der Waals surface area contributed by atoms with E-state index in [-0.39, 0.29) is 16.7 Å². The number of carbonyl (C=O) groups is 3. The molecule has 0 aromatic heterocycles. The third-order valence-electron chi connectivity index (χ3n) is 7.55. The Morgan fingerprint density at radius 2 is 0.733 bits per heavy atom. The van der Waals surface area contributed by atoms with Crippen molar-refractivity contribution in [3.05, 3.63) is 162 Å². The molecule has 0 N–H and O–H groups in total. The van der Waals surface area contributed by atoms with Crippen LogP contribution in [0.25, 0.3) is 32.3 Å². The maximum Gasteiger partial charge on any atom is 0.344 e. The molecule has 0 fully saturated rings. The number of rotatable bonds is 6. The zero-order valence-electron chi connectivity index (χ0n) is 23.8. The second-order valence-electron chi connectivity index (χ2n) is 10.4. The van der Waals surface area contributed by atoms with Gasteiger partial charge in [-0.25, -0.2) is 14.4 Å². The highest BCUT2D eigenvalue weighted by Crippen LogP contribution is 2.30. The van der Waals surface area contributed by atoms with Crippen molar-refractivity contribution in [2.45, 2.75) is 0 Å². The van der Waals surface area contributed by atoms with Gasteiger partial charge in [-0.3, -0.25) is 0 Å². The average molecular weight is 589 g/mol. The quantitative estimate of drug-likeness (QED) is 0.143. The molecule has 0 aliphatic rings. The largest absolute Gasteiger partial charge is 0.422 e. The molecule has 0 amide bonds. The Labute approximate surface area is 258 Å². The summed E-state index contributed by atoms with van der Waals surface area (Å²) in [6.45, 7) is 0. The highest BCUT2D eigenvalue weighted by molar-refractivity contribution is 6.08. The van der Waals surface area contributed by atoms with Gasteiger partial charge in [0.15, 0.2) is 0 Å². The number of benzene rings is 7. The van der Waals surface area contributed by atoms with Crippen molar-refractivity contribution >= 4 is 50.2 Å². The summed E-state index contributed by atoms with van der Waals surface area (Å²) in [6.07, 6.45) is 0. The van der Waals surface area contributed by atoms with Crippen LogP contribution in [0.4, 0.5) is 0 Å². The zero-order valence-corrected chi connectivity index (χ0v) is 23.8. The zero-order chi connectivity index (χ0) is 30.8. The Morgan fingerprint density at radius 1 is 0.356 bits per heavy atom. The van der Waals surface area contributed by atoms with Crippen LogP contribution < -0.4 is 14.2 Å². The molecule has 0 radical (unpaired) electrons. The summed E-state index contributed by atoms with van der Waals surface area (Å²) in [5, 5.41) is 4.91. The molecule has 0 unspecified atom stereocenters. The molecule has 7 rings (SSSR count). The van der Waals surface area contributed by atoms with E-state index in [0.717, 1.165) is 32.3 Å². The fourth-order valence-corrected chi connectivity index (χ4v) is 5.34. The van der Waals surface area contributed by atoms with E-state index in [0.29, 0.717) is 17.2 Å². The third kappa shape index (κ3) is 5.48. The second-order valence-corrected chi connectivity index (χ2v) is 10.4. The maximum atomic E-state index is 13.8. The fraction of sp³-hybridized carbons (Fsp3) is 0. The normalized spacial score (nSPS) is 10.9. The van der Waals surface area contributed by atoms with E-state index in [1.165, 1.54) is 18.2 Å². The van der Waals surface area contributed by atoms with Crippen LogP contribution in [0, 0.1) is 0 Å². The van der Waals surface area contributed by atoms with Gasteiger partial charge >= 0.3 is 17.9 Å². The lowest BCUT2D eigenvalue weighted by Gasteiger charge is -2.13. The van der Waals surface area contributed by atoms with E-state index in [2.05, 4.69) is 0 Å². The number of hydrogen-bond donors (Lipinski definition) is 0. The van der Waals surface area contributed by atoms with Gasteiger partial charge in [0.05, 0.1) is 16.7 Å². The third-order valence-corrected chi connectivity index (χ3v) is 7.55. The molecule has 0 heterocycles. The molecule has 45 heavy (non-hydrogen) atoms. The summed E-state index contributed by atoms with van der Waals surface area (Å²) in [7, 11) is 0. The van der Waals surface area contributed by atoms with Crippen LogP contribution >= 0.6 is 0 Å². The minimum atomic E-state index is -0.823. The first-order valence-electron chi connectivity index (χ1n) is 14.3. The van der Waals surface area contributed by atoms with Gasteiger partial charge < -0.3 is 14.2 Å². The summed E-state index contributed by atoms with van der Waals surface area (Å²) in [6, 6.07) is 42.8. The topological polar surface area (TPSA) is 78.9 Å². The number of fused-ring (bicyclic) bond motifs is 3. The van der Waals surface area contributed by atoms with Gasteiger partial charge in [-0.2, -0.15) is 0 Å². The second kappa shape index (κ2) is 11.8. The molecule has 7 aromatic rings. The van der Waals surface area contributed by atoms with Crippen molar-refractivity contribution < 1.29 is 28.6 Å². The van der Waals surface area contributed by atoms with E-state index in [1.54, 1.807) is 36.4 Å². The van der Waals surface area contributed by atoms with Crippen LogP contribution in [0.1, 0.15) is 31.1 Å². The molecule has 0 spiro atoms. The molecule has 0 atom stereocenters. The molecule has 0 aliphatic heterocycles. The van der Waals surface area contributed by atoms with E-state index in [4.69, 9.17) is 14.2 Å². The standard InChI is InChI=1S/C39H24O6/c40-37(43-34-19-7-13-25-10-1-4-16-29(25)34)28-22-23-32(38(41)44-35-20-8-14-26-11-2-5-17-30(26)35)33(24-28)39(42)45-36-21-9-15-27-12-3-6-18-31(27)36/h1-24H. The highest BCUT2D eigenvalue weighted by Gasteiger charge is 2.25. The molecule has 0 saturated heterocycles. The first-order chi connectivity index (χ1) is 22.0. The van der Waals surface area contributed by atoms with Crippen molar-refractivity contribution in [3.63, 3.8) is 0 Å². The first kappa shape index (κ1) is 27.6. The molecule has 216 valence electrons. The van der Waals surface area contributed by atoms with E-state index in [1.807, 2.05) is 91.0 Å². The summed E-state index contributed by atoms with van der Waals surface area (Å²) in [5.41, 5.74) is -0.134. The lowest BCUT2D eigenvalue weighted by atomic mass is 10.0. The minimum Gasteiger partial charge on any atom is -0.422 e. The van der Waals surface area contributed by atoms with Crippen molar-refractivity contribution in [1.29, 1.82) is 0 Å². The molecule has 6 nitrogen and oxygen atoms in total. The van der Waals surface area contributed by atoms with Crippen molar-refractivity contribution in [2.75, 3.05) is 0 Å². The Morgan fingerprint density at radius 3 is 1.20 bits per heavy atom. The predicted molar refractivity (Wildman–Crippen MR) is 173 cm³/mol. The van der Waals surface area contributed by atoms with E-state index < -0.39 is 17.9 Å². The maximum absolute atomic E-state index is 13.8. The Bertz CT molecular complexity index is 2250. The molecule has 0 saturated carbocycles. The van der Waals surface area contributed by atoms with Crippen LogP contribution in [-0.4, -0.2) is 17.9 Å². The monoisotopic (exact) mass is 588 g/mol. The summed E-state index contributed by atoms with van der Waals surface area (Å²) in [5.74, 6) is -1.26. The van der Waals surface area contributed by atoms with Crippen LogP contribution in [0.5, 0.6) is 17.2 Å². The fourth-order valence-electron chi connectivity index (χ4n) is 5.34. The van der Waals surface area contributed by atoms with Gasteiger partial charge in [0.2, 0.25) is 0 Å². The Kier molecular flexibility index (Phi) is 7.21. The van der Waals surface area contributed by atoms with Crippen LogP contribution in [0.15, 0.2) is 146 Å². The summed E-state index contributed by atoms with van der Waals surface area (Å²) in [4.78, 5) is 40.8. The highest BCUT2D eigenvalue weighted by atomic mass is 16.5. The van der Waals surface area contributed by atoms with Crippen molar-refractivity contribution in [1.82, 2.24) is 0 Å². The Balaban J connectivity index is 1.26. The van der Waals surface area contributed by atoms with Gasteiger partial charge in [0.25, 0.3) is 0 Å². The number of hydrogen-bond acceptors (Lipinski definition) is 6. The molecule has 0 bridgehead atoms. The Hall–Kier alpha value is -6.27. The number of esters is 3. The average Bonchev–Trinajstić information content (AvgIpc) is 3.08. The smallest absolute Gasteiger partial charge is 0.344 e. The molecule has 0 aliphatic carbocycles. The van der Waals surface area contributed by atoms with Gasteiger partial charge in [-0.05, 0) is 52.6 Å². The van der Waals surface area contributed by atoms with E-state index in [9.17, 15) is 14.4 Å². The molecular weight excluding hydrogens is 564 g/mol. The van der Waals surface area contributed by atoms with Crippen LogP contribution in [-0.2, 0) is 0 Å². The molecule has 7 aromatic carbocycles. The summed E-state index contributed by atoms with van der Waals surface area (Å²) >= 11 is 0. The lowest BCUT2D eigenvalue weighted by Crippen LogP contribution is -2.19. The molecular formula is C39H24O6. The van der Waals surface area contributed by atoms with Crippen molar-refractivity contribution in [3.8, 4) is 17.2 Å². The van der Waals surface area contributed by atoms with Crippen LogP contribution in [0.3, 0.4) is 0 Å². The minimum absolute atomic E-state index is 0.0603. The predicted octanol–water partition coefficient (Wildman–Crippen LogP) is 8.80. The van der Waals surface area contributed by atoms with Gasteiger partial charge in [-0.15, -0.1) is 0 Å². The number of ether oxygens (including phenoxy) is 3. The van der Waals surface area contributed by atoms with Gasteiger partial charge in [-0.1, -0.05) is 109 Å². The SMILES string of the molecule is O=C(Oc1cccc2ccccc12)c1ccc(C(=O)Oc2cccc3ccccc23)c(C(=O)Oc2cccc3ccccc23)c1. The number of carbonyl (C=O) groups excluding carboxylic acids is 3. The molecule has 6 heteroatoms. The van der Waals surface area contributed by atoms with E-state index >= 15 is 0 Å². The lowest BCUT2D eigenvalue weighted by molar-refractivity contribution is 0.0692.